The van der Waals surface area contributed by atoms with Crippen LogP contribution in [0.1, 0.15) is 15.9 Å². The minimum absolute atomic E-state index is 0.0662. The molecule has 0 radical (unpaired) electrons. The first-order valence-corrected chi connectivity index (χ1v) is 16.0. The van der Waals surface area contributed by atoms with Crippen molar-refractivity contribution in [1.82, 2.24) is 0 Å². The molecule has 234 valence electrons. The molecule has 16 heteroatoms. The van der Waals surface area contributed by atoms with Crippen LogP contribution in [-0.2, 0) is 20.2 Å². The molecule has 0 aliphatic heterocycles. The maximum Gasteiger partial charge on any atom is 0.296 e. The Morgan fingerprint density at radius 3 is 2.02 bits per heavy atom. The molecule has 1 amide bonds. The zero-order valence-electron chi connectivity index (χ0n) is 23.7. The van der Waals surface area contributed by atoms with Crippen molar-refractivity contribution in [3.8, 4) is 5.75 Å². The van der Waals surface area contributed by atoms with Crippen LogP contribution in [-0.4, -0.2) is 37.0 Å². The Bertz CT molecular complexity index is 2270. The highest BCUT2D eigenvalue weighted by Gasteiger charge is 2.22. The number of nitrogen functional groups attached to an aromatic ring is 1. The van der Waals surface area contributed by atoms with Gasteiger partial charge in [-0.1, -0.05) is 0 Å². The Morgan fingerprint density at radius 2 is 1.39 bits per heavy atom. The number of anilines is 2. The molecule has 0 aromatic heterocycles. The van der Waals surface area contributed by atoms with Crippen molar-refractivity contribution in [2.24, 2.45) is 20.5 Å². The molecule has 0 aliphatic carbocycles. The standard InChI is InChI=1S/C30H24N6O8S2/c1-17-14-22(32-30(38)18-2-4-20(31)5-3-18)9-13-26(17)35-34-23-8-12-25-19(15-23)16-27(46(42,43)44)28(29(25)37)36-33-21-6-10-24(11-7-21)45(39,40)41/h2-16,37H,31H2,1H3,(H,32,38)(H,39,40,41)(H,42,43,44). The average molecular weight is 661 g/mol. The molecule has 0 saturated heterocycles. The molecule has 0 aliphatic rings. The van der Waals surface area contributed by atoms with Crippen molar-refractivity contribution in [2.45, 2.75) is 16.7 Å². The van der Waals surface area contributed by atoms with Crippen molar-refractivity contribution in [3.05, 3.63) is 102 Å². The zero-order valence-corrected chi connectivity index (χ0v) is 25.4. The van der Waals surface area contributed by atoms with Gasteiger partial charge in [-0.15, -0.1) is 5.11 Å². The van der Waals surface area contributed by atoms with E-state index in [1.54, 1.807) is 49.4 Å². The molecule has 0 bridgehead atoms. The van der Waals surface area contributed by atoms with Gasteiger partial charge >= 0.3 is 0 Å². The van der Waals surface area contributed by atoms with E-state index in [4.69, 9.17) is 10.3 Å². The SMILES string of the molecule is Cc1cc(NC(=O)c2ccc(N)cc2)ccc1N=Nc1ccc2c(O)c(N=Nc3ccc(S(=O)(=O)O)cc3)c(S(=O)(=O)O)cc2c1. The van der Waals surface area contributed by atoms with Crippen LogP contribution in [0, 0.1) is 6.92 Å². The van der Waals surface area contributed by atoms with E-state index in [1.165, 1.54) is 30.3 Å². The summed E-state index contributed by atoms with van der Waals surface area (Å²) in [7, 11) is -9.34. The fourth-order valence-corrected chi connectivity index (χ4v) is 5.42. The van der Waals surface area contributed by atoms with Crippen LogP contribution in [0.4, 0.5) is 34.1 Å². The molecule has 0 heterocycles. The number of nitrogens with two attached hydrogens (primary N) is 1. The van der Waals surface area contributed by atoms with E-state index in [0.29, 0.717) is 33.9 Å². The summed E-state index contributed by atoms with van der Waals surface area (Å²) in [5.41, 5.74) is 8.20. The number of nitrogens with one attached hydrogen (secondary N) is 1. The summed E-state index contributed by atoms with van der Waals surface area (Å²) in [6, 6.07) is 21.5. The summed E-state index contributed by atoms with van der Waals surface area (Å²) in [5, 5.41) is 30.1. The number of hydrogen-bond acceptors (Lipinski definition) is 11. The molecule has 0 unspecified atom stereocenters. The topological polar surface area (TPSA) is 234 Å². The normalized spacial score (nSPS) is 12.2. The number of benzene rings is 5. The molecule has 5 rings (SSSR count). The van der Waals surface area contributed by atoms with Crippen LogP contribution in [0.5, 0.6) is 5.75 Å². The van der Waals surface area contributed by atoms with E-state index in [1.807, 2.05) is 0 Å². The lowest BCUT2D eigenvalue weighted by atomic mass is 10.1. The van der Waals surface area contributed by atoms with Gasteiger partial charge in [0.15, 0.2) is 5.75 Å². The van der Waals surface area contributed by atoms with Gasteiger partial charge in [-0.05, 0) is 109 Å². The lowest BCUT2D eigenvalue weighted by Gasteiger charge is -2.09. The lowest BCUT2D eigenvalue weighted by molar-refractivity contribution is 0.102. The molecular formula is C30H24N6O8S2. The maximum atomic E-state index is 12.5. The van der Waals surface area contributed by atoms with Crippen LogP contribution in [0.2, 0.25) is 0 Å². The number of fused-ring (bicyclic) bond motifs is 1. The van der Waals surface area contributed by atoms with Crippen LogP contribution in [0.15, 0.2) is 121 Å². The van der Waals surface area contributed by atoms with E-state index in [2.05, 4.69) is 25.8 Å². The van der Waals surface area contributed by atoms with Gasteiger partial charge in [0.1, 0.15) is 10.6 Å². The first kappa shape index (κ1) is 31.9. The van der Waals surface area contributed by atoms with Crippen LogP contribution in [0.3, 0.4) is 0 Å². The minimum atomic E-state index is -4.90. The number of carbonyl (C=O) groups is 1. The number of phenols is 1. The third-order valence-corrected chi connectivity index (χ3v) is 8.35. The molecule has 0 fully saturated rings. The fourth-order valence-electron chi connectivity index (χ4n) is 4.28. The number of aromatic hydroxyl groups is 1. The number of hydrogen-bond donors (Lipinski definition) is 5. The number of azo groups is 2. The van der Waals surface area contributed by atoms with Gasteiger partial charge in [0, 0.05) is 22.3 Å². The van der Waals surface area contributed by atoms with Gasteiger partial charge in [0.05, 0.1) is 22.0 Å². The molecule has 46 heavy (non-hydrogen) atoms. The number of nitrogens with zero attached hydrogens (tertiary/aromatic N) is 4. The summed E-state index contributed by atoms with van der Waals surface area (Å²) in [6.45, 7) is 1.78. The van der Waals surface area contributed by atoms with Crippen molar-refractivity contribution in [2.75, 3.05) is 11.1 Å². The van der Waals surface area contributed by atoms with Gasteiger partial charge in [-0.2, -0.15) is 32.2 Å². The number of rotatable bonds is 8. The highest BCUT2D eigenvalue weighted by molar-refractivity contribution is 7.86. The molecule has 14 nitrogen and oxygen atoms in total. The number of amides is 1. The zero-order chi connectivity index (χ0) is 33.2. The number of phenolic OH excluding ortho intramolecular Hbond substituents is 1. The van der Waals surface area contributed by atoms with Gasteiger partial charge in [-0.25, -0.2) is 0 Å². The molecule has 0 atom stereocenters. The van der Waals surface area contributed by atoms with Gasteiger partial charge < -0.3 is 16.2 Å². The summed E-state index contributed by atoms with van der Waals surface area (Å²) in [4.78, 5) is 11.4. The first-order valence-electron chi connectivity index (χ1n) is 13.1. The van der Waals surface area contributed by atoms with Crippen LogP contribution >= 0.6 is 0 Å². The Balaban J connectivity index is 1.40. The average Bonchev–Trinajstić information content (AvgIpc) is 2.99. The molecule has 6 N–H and O–H groups in total. The van der Waals surface area contributed by atoms with E-state index in [-0.39, 0.29) is 22.4 Å². The van der Waals surface area contributed by atoms with Crippen LogP contribution < -0.4 is 11.1 Å². The summed E-state index contributed by atoms with van der Waals surface area (Å²) < 4.78 is 65.9. The summed E-state index contributed by atoms with van der Waals surface area (Å²) in [5.74, 6) is -0.907. The van der Waals surface area contributed by atoms with E-state index >= 15 is 0 Å². The Morgan fingerprint density at radius 1 is 0.739 bits per heavy atom. The van der Waals surface area contributed by atoms with E-state index in [0.717, 1.165) is 18.2 Å². The van der Waals surface area contributed by atoms with E-state index < -0.39 is 41.5 Å². The quantitative estimate of drug-likeness (QED) is 0.0653. The Kier molecular flexibility index (Phi) is 8.62. The number of carbonyl (C=O) groups excluding carboxylic acids is 1. The van der Waals surface area contributed by atoms with Gasteiger partial charge in [0.2, 0.25) is 0 Å². The Hall–Kier alpha value is -5.55. The highest BCUT2D eigenvalue weighted by Crippen LogP contribution is 2.42. The van der Waals surface area contributed by atoms with Crippen molar-refractivity contribution in [3.63, 3.8) is 0 Å². The Labute approximate surface area is 262 Å². The van der Waals surface area contributed by atoms with E-state index in [9.17, 15) is 31.3 Å². The second-order valence-electron chi connectivity index (χ2n) is 9.90. The maximum absolute atomic E-state index is 12.5. The summed E-state index contributed by atoms with van der Waals surface area (Å²) >= 11 is 0. The molecule has 5 aromatic carbocycles. The molecule has 5 aromatic rings. The van der Waals surface area contributed by atoms with Crippen molar-refractivity contribution >= 4 is 71.0 Å². The minimum Gasteiger partial charge on any atom is -0.505 e. The van der Waals surface area contributed by atoms with Gasteiger partial charge in [0.25, 0.3) is 26.1 Å². The van der Waals surface area contributed by atoms with Gasteiger partial charge in [-0.3, -0.25) is 13.9 Å². The molecular weight excluding hydrogens is 636 g/mol. The van der Waals surface area contributed by atoms with Crippen LogP contribution in [0.25, 0.3) is 10.8 Å². The second kappa shape index (κ2) is 12.4. The molecule has 0 saturated carbocycles. The van der Waals surface area contributed by atoms with Crippen molar-refractivity contribution < 1.29 is 35.8 Å². The third-order valence-electron chi connectivity index (χ3n) is 6.61. The third kappa shape index (κ3) is 7.22. The predicted molar refractivity (Wildman–Crippen MR) is 170 cm³/mol. The predicted octanol–water partition coefficient (Wildman–Crippen LogP) is 7.01. The highest BCUT2D eigenvalue weighted by atomic mass is 32.2. The lowest BCUT2D eigenvalue weighted by Crippen LogP contribution is -2.11. The molecule has 0 spiro atoms. The first-order chi connectivity index (χ1) is 21.7. The largest absolute Gasteiger partial charge is 0.505 e. The fraction of sp³-hybridized carbons (Fsp3) is 0.0333. The second-order valence-corrected chi connectivity index (χ2v) is 12.7. The van der Waals surface area contributed by atoms with Crippen molar-refractivity contribution in [1.29, 1.82) is 0 Å². The number of aryl methyl sites for hydroxylation is 1. The monoisotopic (exact) mass is 660 g/mol. The summed E-state index contributed by atoms with van der Waals surface area (Å²) in [6.07, 6.45) is 0. The smallest absolute Gasteiger partial charge is 0.296 e.